The van der Waals surface area contributed by atoms with Crippen molar-refractivity contribution < 1.29 is 23.5 Å². The molecule has 2 aromatic carbocycles. The van der Waals surface area contributed by atoms with Gasteiger partial charge in [0.15, 0.2) is 6.61 Å². The van der Waals surface area contributed by atoms with Crippen molar-refractivity contribution in [2.75, 3.05) is 19.0 Å². The summed E-state index contributed by atoms with van der Waals surface area (Å²) in [6.07, 6.45) is 0. The summed E-state index contributed by atoms with van der Waals surface area (Å²) < 4.78 is 19.0. The number of carbonyl (C=O) groups excluding carboxylic acids is 3. The molecule has 0 bridgehead atoms. The highest BCUT2D eigenvalue weighted by atomic mass is 35.5. The standard InChI is InChI=1S/C22H18ClFN2O4S/c1-26(12-16-17(23)7-3-8-18(16)24)20(27)13-30-22(29)14-5-2-6-15(11-14)25-21(28)19-9-4-10-31-19/h2-11H,12-13H2,1H3,(H,25,28). The van der Waals surface area contributed by atoms with Gasteiger partial charge >= 0.3 is 5.97 Å². The van der Waals surface area contributed by atoms with Crippen LogP contribution in [0.3, 0.4) is 0 Å². The largest absolute Gasteiger partial charge is 0.452 e. The minimum atomic E-state index is -0.724. The molecule has 0 spiro atoms. The lowest BCUT2D eigenvalue weighted by Gasteiger charge is -2.18. The van der Waals surface area contributed by atoms with E-state index in [1.54, 1.807) is 29.6 Å². The molecule has 6 nitrogen and oxygen atoms in total. The van der Waals surface area contributed by atoms with E-state index in [1.807, 2.05) is 0 Å². The van der Waals surface area contributed by atoms with Crippen LogP contribution in [0.1, 0.15) is 25.6 Å². The molecule has 1 N–H and O–H groups in total. The van der Waals surface area contributed by atoms with E-state index in [2.05, 4.69) is 5.32 Å². The molecule has 1 heterocycles. The number of benzene rings is 2. The molecular formula is C22H18ClFN2O4S. The van der Waals surface area contributed by atoms with Crippen molar-refractivity contribution in [2.24, 2.45) is 0 Å². The van der Waals surface area contributed by atoms with E-state index in [0.717, 1.165) is 0 Å². The molecule has 0 saturated heterocycles. The molecule has 0 aliphatic rings. The number of anilines is 1. The Morgan fingerprint density at radius 3 is 2.61 bits per heavy atom. The van der Waals surface area contributed by atoms with Crippen LogP contribution in [0.2, 0.25) is 5.02 Å². The summed E-state index contributed by atoms with van der Waals surface area (Å²) in [6, 6.07) is 13.9. The first-order valence-corrected chi connectivity index (χ1v) is 10.4. The molecule has 31 heavy (non-hydrogen) atoms. The number of hydrogen-bond acceptors (Lipinski definition) is 5. The number of nitrogens with zero attached hydrogens (tertiary/aromatic N) is 1. The number of likely N-dealkylation sites (N-methyl/N-ethyl adjacent to an activating group) is 1. The molecular weight excluding hydrogens is 443 g/mol. The van der Waals surface area contributed by atoms with Gasteiger partial charge in [0, 0.05) is 29.9 Å². The van der Waals surface area contributed by atoms with Crippen LogP contribution in [-0.2, 0) is 16.1 Å². The molecule has 0 unspecified atom stereocenters. The minimum Gasteiger partial charge on any atom is -0.452 e. The molecule has 0 fully saturated rings. The van der Waals surface area contributed by atoms with E-state index in [-0.39, 0.29) is 28.6 Å². The first-order chi connectivity index (χ1) is 14.8. The molecule has 9 heteroatoms. The Hall–Kier alpha value is -3.23. The van der Waals surface area contributed by atoms with E-state index in [4.69, 9.17) is 16.3 Å². The molecule has 0 radical (unpaired) electrons. The molecule has 3 rings (SSSR count). The van der Waals surface area contributed by atoms with Crippen LogP contribution in [0.5, 0.6) is 0 Å². The van der Waals surface area contributed by atoms with Crippen LogP contribution in [0.4, 0.5) is 10.1 Å². The number of carbonyl (C=O) groups is 3. The molecule has 3 aromatic rings. The second-order valence-electron chi connectivity index (χ2n) is 6.54. The van der Waals surface area contributed by atoms with Crippen molar-refractivity contribution in [1.29, 1.82) is 0 Å². The zero-order valence-corrected chi connectivity index (χ0v) is 18.0. The summed E-state index contributed by atoms with van der Waals surface area (Å²) in [6.45, 7) is -0.584. The Morgan fingerprint density at radius 2 is 1.90 bits per heavy atom. The lowest BCUT2D eigenvalue weighted by Crippen LogP contribution is -2.31. The third-order valence-corrected chi connectivity index (χ3v) is 5.53. The van der Waals surface area contributed by atoms with Crippen LogP contribution in [0.25, 0.3) is 0 Å². The smallest absolute Gasteiger partial charge is 0.338 e. The first kappa shape index (κ1) is 22.5. The van der Waals surface area contributed by atoms with Crippen molar-refractivity contribution >= 4 is 46.4 Å². The molecule has 0 atom stereocenters. The summed E-state index contributed by atoms with van der Waals surface area (Å²) >= 11 is 7.28. The fourth-order valence-electron chi connectivity index (χ4n) is 2.65. The Balaban J connectivity index is 1.56. The quantitative estimate of drug-likeness (QED) is 0.522. The van der Waals surface area contributed by atoms with Gasteiger partial charge in [-0.15, -0.1) is 11.3 Å². The average Bonchev–Trinajstić information content (AvgIpc) is 3.29. The van der Waals surface area contributed by atoms with Gasteiger partial charge in [-0.1, -0.05) is 29.8 Å². The molecule has 2 amide bonds. The number of esters is 1. The maximum absolute atomic E-state index is 13.9. The predicted molar refractivity (Wildman–Crippen MR) is 117 cm³/mol. The van der Waals surface area contributed by atoms with Gasteiger partial charge in [-0.25, -0.2) is 9.18 Å². The third-order valence-electron chi connectivity index (χ3n) is 4.31. The monoisotopic (exact) mass is 460 g/mol. The van der Waals surface area contributed by atoms with Gasteiger partial charge in [0.1, 0.15) is 5.82 Å². The second kappa shape index (κ2) is 10.2. The topological polar surface area (TPSA) is 75.7 Å². The van der Waals surface area contributed by atoms with Crippen molar-refractivity contribution in [3.8, 4) is 0 Å². The van der Waals surface area contributed by atoms with E-state index < -0.39 is 24.3 Å². The number of nitrogens with one attached hydrogen (secondary N) is 1. The van der Waals surface area contributed by atoms with Crippen molar-refractivity contribution in [2.45, 2.75) is 6.54 Å². The number of amides is 2. The van der Waals surface area contributed by atoms with Crippen molar-refractivity contribution in [1.82, 2.24) is 4.90 Å². The van der Waals surface area contributed by atoms with Crippen LogP contribution in [0, 0.1) is 5.82 Å². The average molecular weight is 461 g/mol. The van der Waals surface area contributed by atoms with Crippen molar-refractivity contribution in [3.05, 3.63) is 86.8 Å². The van der Waals surface area contributed by atoms with E-state index >= 15 is 0 Å². The molecule has 0 saturated carbocycles. The first-order valence-electron chi connectivity index (χ1n) is 9.14. The van der Waals surface area contributed by atoms with Crippen LogP contribution < -0.4 is 5.32 Å². The predicted octanol–water partition coefficient (Wildman–Crippen LogP) is 4.61. The number of hydrogen-bond donors (Lipinski definition) is 1. The fourth-order valence-corrected chi connectivity index (χ4v) is 3.50. The van der Waals surface area contributed by atoms with Gasteiger partial charge < -0.3 is 15.0 Å². The minimum absolute atomic E-state index is 0.0634. The Labute approximate surface area is 187 Å². The SMILES string of the molecule is CN(Cc1c(F)cccc1Cl)C(=O)COC(=O)c1cccc(NC(=O)c2cccs2)c1. The van der Waals surface area contributed by atoms with Gasteiger partial charge in [0.05, 0.1) is 10.4 Å². The Morgan fingerprint density at radius 1 is 1.13 bits per heavy atom. The Kier molecular flexibility index (Phi) is 7.38. The van der Waals surface area contributed by atoms with Crippen LogP contribution >= 0.6 is 22.9 Å². The number of ether oxygens (including phenoxy) is 1. The van der Waals surface area contributed by atoms with Crippen molar-refractivity contribution in [3.63, 3.8) is 0 Å². The molecule has 160 valence electrons. The zero-order valence-electron chi connectivity index (χ0n) is 16.4. The molecule has 0 aliphatic heterocycles. The highest BCUT2D eigenvalue weighted by molar-refractivity contribution is 7.12. The lowest BCUT2D eigenvalue weighted by molar-refractivity contribution is -0.133. The number of rotatable bonds is 7. The van der Waals surface area contributed by atoms with Crippen LogP contribution in [-0.4, -0.2) is 36.3 Å². The van der Waals surface area contributed by atoms with Gasteiger partial charge in [-0.05, 0) is 41.8 Å². The normalized spacial score (nSPS) is 10.4. The summed E-state index contributed by atoms with van der Waals surface area (Å²) in [4.78, 5) is 38.5. The van der Waals surface area contributed by atoms with Gasteiger partial charge in [0.2, 0.25) is 0 Å². The molecule has 0 aliphatic carbocycles. The lowest BCUT2D eigenvalue weighted by atomic mass is 10.2. The number of thiophene rings is 1. The maximum atomic E-state index is 13.9. The molecule has 1 aromatic heterocycles. The summed E-state index contributed by atoms with van der Waals surface area (Å²) in [5, 5.41) is 4.70. The van der Waals surface area contributed by atoms with E-state index in [1.165, 1.54) is 53.6 Å². The van der Waals surface area contributed by atoms with E-state index in [0.29, 0.717) is 10.6 Å². The summed E-state index contributed by atoms with van der Waals surface area (Å²) in [7, 11) is 1.46. The maximum Gasteiger partial charge on any atom is 0.338 e. The highest BCUT2D eigenvalue weighted by Crippen LogP contribution is 2.20. The second-order valence-corrected chi connectivity index (χ2v) is 7.89. The zero-order chi connectivity index (χ0) is 22.4. The Bertz CT molecular complexity index is 1080. The van der Waals surface area contributed by atoms with Gasteiger partial charge in [-0.3, -0.25) is 9.59 Å². The summed E-state index contributed by atoms with van der Waals surface area (Å²) in [5.41, 5.74) is 0.780. The highest BCUT2D eigenvalue weighted by Gasteiger charge is 2.17. The summed E-state index contributed by atoms with van der Waals surface area (Å²) in [5.74, 6) is -2.05. The van der Waals surface area contributed by atoms with Crippen LogP contribution in [0.15, 0.2) is 60.0 Å². The van der Waals surface area contributed by atoms with Gasteiger partial charge in [0.25, 0.3) is 11.8 Å². The third kappa shape index (κ3) is 5.90. The van der Waals surface area contributed by atoms with E-state index in [9.17, 15) is 18.8 Å². The fraction of sp³-hybridized carbons (Fsp3) is 0.136. The van der Waals surface area contributed by atoms with Gasteiger partial charge in [-0.2, -0.15) is 0 Å². The number of halogens is 2.